The van der Waals surface area contributed by atoms with Crippen LogP contribution in [-0.4, -0.2) is 18.6 Å². The Morgan fingerprint density at radius 2 is 1.71 bits per heavy atom. The molecule has 0 aromatic carbocycles. The molecule has 2 nitrogen and oxygen atoms in total. The second kappa shape index (κ2) is 3.56. The van der Waals surface area contributed by atoms with Crippen LogP contribution in [0.2, 0.25) is 0 Å². The Balaban J connectivity index is 1.90. The van der Waals surface area contributed by atoms with Crippen LogP contribution in [0.4, 0.5) is 0 Å². The van der Waals surface area contributed by atoms with Crippen molar-refractivity contribution >= 4 is 0 Å². The Morgan fingerprint density at radius 3 is 2.14 bits per heavy atom. The quantitative estimate of drug-likeness (QED) is 0.661. The lowest BCUT2D eigenvalue weighted by molar-refractivity contribution is 0.187. The first-order valence-corrected chi connectivity index (χ1v) is 5.63. The van der Waals surface area contributed by atoms with Crippen LogP contribution < -0.4 is 11.1 Å². The molecular formula is C12H20N2. The molecule has 2 aliphatic carbocycles. The van der Waals surface area contributed by atoms with Gasteiger partial charge in [0, 0.05) is 12.1 Å². The first kappa shape index (κ1) is 10.0. The van der Waals surface area contributed by atoms with Crippen LogP contribution in [0.1, 0.15) is 38.5 Å². The summed E-state index contributed by atoms with van der Waals surface area (Å²) >= 11 is 0. The average molecular weight is 192 g/mol. The fourth-order valence-electron chi connectivity index (χ4n) is 2.63. The molecule has 14 heavy (non-hydrogen) atoms. The maximum atomic E-state index is 5.86. The van der Waals surface area contributed by atoms with E-state index in [0.29, 0.717) is 6.54 Å². The van der Waals surface area contributed by atoms with Crippen molar-refractivity contribution in [3.05, 3.63) is 0 Å². The summed E-state index contributed by atoms with van der Waals surface area (Å²) in [5, 5.41) is 3.44. The van der Waals surface area contributed by atoms with Crippen LogP contribution in [0.5, 0.6) is 0 Å². The van der Waals surface area contributed by atoms with Crippen LogP contribution in [0.15, 0.2) is 0 Å². The van der Waals surface area contributed by atoms with Gasteiger partial charge in [-0.1, -0.05) is 5.92 Å². The molecule has 0 radical (unpaired) electrons. The largest absolute Gasteiger partial charge is 0.329 e. The molecule has 2 fully saturated rings. The molecule has 0 atom stereocenters. The van der Waals surface area contributed by atoms with E-state index in [0.717, 1.165) is 12.0 Å². The van der Waals surface area contributed by atoms with Crippen LogP contribution in [0.3, 0.4) is 0 Å². The lowest BCUT2D eigenvalue weighted by atomic mass is 9.74. The van der Waals surface area contributed by atoms with Crippen LogP contribution in [0.25, 0.3) is 0 Å². The molecule has 0 heterocycles. The molecule has 0 aromatic heterocycles. The summed E-state index contributed by atoms with van der Waals surface area (Å²) in [6, 6.07) is 0. The Hall–Kier alpha value is -0.520. The van der Waals surface area contributed by atoms with Gasteiger partial charge in [-0.05, 0) is 43.9 Å². The van der Waals surface area contributed by atoms with Crippen molar-refractivity contribution in [1.82, 2.24) is 5.32 Å². The van der Waals surface area contributed by atoms with Crippen molar-refractivity contribution in [2.75, 3.05) is 13.1 Å². The average Bonchev–Trinajstić information content (AvgIpc) is 2.99. The van der Waals surface area contributed by atoms with Crippen molar-refractivity contribution in [1.29, 1.82) is 0 Å². The molecule has 0 aliphatic heterocycles. The van der Waals surface area contributed by atoms with E-state index in [1.807, 2.05) is 0 Å². The highest BCUT2D eigenvalue weighted by molar-refractivity contribution is 5.05. The van der Waals surface area contributed by atoms with E-state index in [1.54, 1.807) is 0 Å². The molecule has 1 spiro atoms. The number of hydrogen-bond acceptors (Lipinski definition) is 2. The highest BCUT2D eigenvalue weighted by Crippen LogP contribution is 2.57. The van der Waals surface area contributed by atoms with Gasteiger partial charge in [-0.25, -0.2) is 0 Å². The van der Waals surface area contributed by atoms with Gasteiger partial charge in [0.2, 0.25) is 0 Å². The van der Waals surface area contributed by atoms with Crippen molar-refractivity contribution in [3.63, 3.8) is 0 Å². The molecule has 0 saturated heterocycles. The second-order valence-electron chi connectivity index (χ2n) is 5.04. The van der Waals surface area contributed by atoms with E-state index in [-0.39, 0.29) is 5.54 Å². The molecule has 0 aromatic rings. The van der Waals surface area contributed by atoms with Crippen LogP contribution >= 0.6 is 0 Å². The molecule has 78 valence electrons. The lowest BCUT2D eigenvalue weighted by Gasteiger charge is -2.40. The molecule has 0 amide bonds. The maximum absolute atomic E-state index is 5.86. The number of terminal acetylenes is 1. The van der Waals surface area contributed by atoms with Crippen LogP contribution in [-0.2, 0) is 0 Å². The SMILES string of the molecule is C#CCNC1(CN)CCC2(CC2)CC1. The summed E-state index contributed by atoms with van der Waals surface area (Å²) in [7, 11) is 0. The van der Waals surface area contributed by atoms with Crippen molar-refractivity contribution in [3.8, 4) is 12.3 Å². The zero-order chi connectivity index (χ0) is 10.1. The van der Waals surface area contributed by atoms with E-state index in [2.05, 4.69) is 11.2 Å². The predicted octanol–water partition coefficient (Wildman–Crippen LogP) is 1.26. The minimum absolute atomic E-state index is 0.153. The highest BCUT2D eigenvalue weighted by Gasteiger charge is 2.48. The Morgan fingerprint density at radius 1 is 1.14 bits per heavy atom. The minimum atomic E-state index is 0.153. The third-order valence-electron chi connectivity index (χ3n) is 4.18. The topological polar surface area (TPSA) is 38.0 Å². The Kier molecular flexibility index (Phi) is 2.55. The normalized spacial score (nSPS) is 27.1. The minimum Gasteiger partial charge on any atom is -0.329 e. The summed E-state index contributed by atoms with van der Waals surface area (Å²) in [5.41, 5.74) is 6.74. The fraction of sp³-hybridized carbons (Fsp3) is 0.833. The third kappa shape index (κ3) is 1.80. The van der Waals surface area contributed by atoms with Gasteiger partial charge in [-0.3, -0.25) is 5.32 Å². The van der Waals surface area contributed by atoms with E-state index in [4.69, 9.17) is 12.2 Å². The number of rotatable bonds is 3. The maximum Gasteiger partial charge on any atom is 0.0578 e. The van der Waals surface area contributed by atoms with Crippen molar-refractivity contribution in [2.24, 2.45) is 11.1 Å². The summed E-state index contributed by atoms with van der Waals surface area (Å²) in [4.78, 5) is 0. The lowest BCUT2D eigenvalue weighted by Crippen LogP contribution is -2.53. The first-order valence-electron chi connectivity index (χ1n) is 5.63. The molecule has 2 rings (SSSR count). The smallest absolute Gasteiger partial charge is 0.0578 e. The fourth-order valence-corrected chi connectivity index (χ4v) is 2.63. The van der Waals surface area contributed by atoms with E-state index in [9.17, 15) is 0 Å². The molecule has 2 aliphatic rings. The number of nitrogens with two attached hydrogens (primary N) is 1. The highest BCUT2D eigenvalue weighted by atomic mass is 15.0. The van der Waals surface area contributed by atoms with Gasteiger partial charge in [0.25, 0.3) is 0 Å². The zero-order valence-electron chi connectivity index (χ0n) is 8.81. The molecule has 2 saturated carbocycles. The molecule has 0 unspecified atom stereocenters. The summed E-state index contributed by atoms with van der Waals surface area (Å²) < 4.78 is 0. The summed E-state index contributed by atoms with van der Waals surface area (Å²) in [5.74, 6) is 2.64. The number of hydrogen-bond donors (Lipinski definition) is 2. The third-order valence-corrected chi connectivity index (χ3v) is 4.18. The van der Waals surface area contributed by atoms with E-state index < -0.39 is 0 Å². The second-order valence-corrected chi connectivity index (χ2v) is 5.04. The van der Waals surface area contributed by atoms with E-state index in [1.165, 1.54) is 38.5 Å². The van der Waals surface area contributed by atoms with Crippen molar-refractivity contribution in [2.45, 2.75) is 44.1 Å². The Bertz CT molecular complexity index is 238. The zero-order valence-corrected chi connectivity index (χ0v) is 8.81. The summed E-state index contributed by atoms with van der Waals surface area (Å²) in [6.45, 7) is 1.38. The standard InChI is InChI=1S/C12H20N2/c1-2-9-14-12(10-13)7-5-11(3-4-11)6-8-12/h1,14H,3-10,13H2. The van der Waals surface area contributed by atoms with E-state index >= 15 is 0 Å². The first-order chi connectivity index (χ1) is 6.74. The van der Waals surface area contributed by atoms with Crippen LogP contribution in [0, 0.1) is 17.8 Å². The van der Waals surface area contributed by atoms with Gasteiger partial charge in [0.15, 0.2) is 0 Å². The molecule has 2 heteroatoms. The number of nitrogens with one attached hydrogen (secondary N) is 1. The van der Waals surface area contributed by atoms with Crippen molar-refractivity contribution < 1.29 is 0 Å². The van der Waals surface area contributed by atoms with Gasteiger partial charge in [0.1, 0.15) is 0 Å². The molecule has 3 N–H and O–H groups in total. The van der Waals surface area contributed by atoms with Gasteiger partial charge in [0.05, 0.1) is 6.54 Å². The van der Waals surface area contributed by atoms with Gasteiger partial charge in [-0.15, -0.1) is 6.42 Å². The summed E-state index contributed by atoms with van der Waals surface area (Å²) in [6.07, 6.45) is 13.3. The predicted molar refractivity (Wildman–Crippen MR) is 58.8 cm³/mol. The molecule has 0 bridgehead atoms. The molecular weight excluding hydrogens is 172 g/mol. The Labute approximate surface area is 86.6 Å². The van der Waals surface area contributed by atoms with Gasteiger partial charge >= 0.3 is 0 Å². The monoisotopic (exact) mass is 192 g/mol. The van der Waals surface area contributed by atoms with Gasteiger partial charge < -0.3 is 5.73 Å². The van der Waals surface area contributed by atoms with Gasteiger partial charge in [-0.2, -0.15) is 0 Å².